The van der Waals surface area contributed by atoms with Crippen molar-refractivity contribution in [1.29, 1.82) is 0 Å². The van der Waals surface area contributed by atoms with Gasteiger partial charge in [-0.3, -0.25) is 4.79 Å². The smallest absolute Gasteiger partial charge is 0.311 e. The molecule has 18 heavy (non-hydrogen) atoms. The molecule has 0 radical (unpaired) electrons. The summed E-state index contributed by atoms with van der Waals surface area (Å²) in [5, 5.41) is 6.04. The highest BCUT2D eigenvalue weighted by molar-refractivity contribution is 6.09. The highest BCUT2D eigenvalue weighted by Crippen LogP contribution is 2.09. The Hall–Kier alpha value is -1.84. The number of benzene rings is 1. The molecule has 98 valence electrons. The van der Waals surface area contributed by atoms with Gasteiger partial charge < -0.3 is 9.75 Å². The highest BCUT2D eigenvalue weighted by atomic mass is 16.5. The van der Waals surface area contributed by atoms with Crippen LogP contribution in [0, 0.1) is 6.92 Å². The summed E-state index contributed by atoms with van der Waals surface area (Å²) in [7, 11) is 3.67. The van der Waals surface area contributed by atoms with Gasteiger partial charge in [-0.2, -0.15) is 5.10 Å². The van der Waals surface area contributed by atoms with Crippen molar-refractivity contribution in [2.45, 2.75) is 20.3 Å². The molecular weight excluding hydrogens is 228 g/mol. The van der Waals surface area contributed by atoms with Crippen LogP contribution in [0.4, 0.5) is 0 Å². The molecule has 1 aromatic carbocycles. The second-order valence-corrected chi connectivity index (χ2v) is 4.24. The fourth-order valence-electron chi connectivity index (χ4n) is 1.53. The number of hydrazone groups is 1. The van der Waals surface area contributed by atoms with Gasteiger partial charge in [-0.1, -0.05) is 29.8 Å². The maximum atomic E-state index is 11.6. The average Bonchev–Trinajstić information content (AvgIpc) is 2.28. The number of hydrogen-bond donors (Lipinski definition) is 0. The number of carbonyl (C=O) groups is 1. The minimum absolute atomic E-state index is 0.190. The molecule has 4 nitrogen and oxygen atoms in total. The Labute approximate surface area is 108 Å². The molecule has 0 bridgehead atoms. The van der Waals surface area contributed by atoms with Crippen LogP contribution in [0.25, 0.3) is 0 Å². The van der Waals surface area contributed by atoms with E-state index in [4.69, 9.17) is 4.74 Å². The van der Waals surface area contributed by atoms with Crippen LogP contribution in [0.5, 0.6) is 0 Å². The fourth-order valence-corrected chi connectivity index (χ4v) is 1.53. The van der Waals surface area contributed by atoms with Crippen LogP contribution >= 0.6 is 0 Å². The van der Waals surface area contributed by atoms with E-state index in [-0.39, 0.29) is 12.4 Å². The Morgan fingerprint density at radius 2 is 1.89 bits per heavy atom. The van der Waals surface area contributed by atoms with Crippen molar-refractivity contribution in [2.75, 3.05) is 20.7 Å². The van der Waals surface area contributed by atoms with Crippen molar-refractivity contribution in [1.82, 2.24) is 5.01 Å². The third-order valence-corrected chi connectivity index (χ3v) is 2.32. The summed E-state index contributed by atoms with van der Waals surface area (Å²) in [4.78, 5) is 11.6. The van der Waals surface area contributed by atoms with Crippen molar-refractivity contribution in [3.05, 3.63) is 35.4 Å². The molecule has 1 aromatic rings. The monoisotopic (exact) mass is 248 g/mol. The lowest BCUT2D eigenvalue weighted by atomic mass is 10.1. The molecule has 0 aliphatic heterocycles. The molecular formula is C14H20N2O2. The predicted molar refractivity (Wildman–Crippen MR) is 72.7 cm³/mol. The zero-order valence-corrected chi connectivity index (χ0v) is 11.4. The zero-order valence-electron chi connectivity index (χ0n) is 11.4. The number of nitrogens with zero attached hydrogens (tertiary/aromatic N) is 2. The van der Waals surface area contributed by atoms with E-state index in [0.29, 0.717) is 6.61 Å². The Kier molecular flexibility index (Phi) is 5.36. The van der Waals surface area contributed by atoms with Crippen LogP contribution in [0.15, 0.2) is 29.4 Å². The summed E-state index contributed by atoms with van der Waals surface area (Å²) < 4.78 is 4.96. The third-order valence-electron chi connectivity index (χ3n) is 2.32. The molecule has 0 aromatic heterocycles. The third kappa shape index (κ3) is 4.57. The predicted octanol–water partition coefficient (Wildman–Crippen LogP) is 2.21. The lowest BCUT2D eigenvalue weighted by molar-refractivity contribution is -0.141. The van der Waals surface area contributed by atoms with Crippen LogP contribution in [0.2, 0.25) is 0 Å². The molecule has 0 fully saturated rings. The van der Waals surface area contributed by atoms with Gasteiger partial charge in [0.15, 0.2) is 0 Å². The molecule has 0 N–H and O–H groups in total. The van der Waals surface area contributed by atoms with E-state index >= 15 is 0 Å². The first-order valence-electron chi connectivity index (χ1n) is 6.00. The first kappa shape index (κ1) is 14.2. The number of ether oxygens (including phenoxy) is 1. The minimum Gasteiger partial charge on any atom is -0.466 e. The van der Waals surface area contributed by atoms with Crippen LogP contribution in [0.3, 0.4) is 0 Å². The molecule has 0 amide bonds. The van der Waals surface area contributed by atoms with E-state index in [9.17, 15) is 4.79 Å². The number of aryl methyl sites for hydroxylation is 1. The van der Waals surface area contributed by atoms with E-state index in [2.05, 4.69) is 5.10 Å². The number of hydrogen-bond acceptors (Lipinski definition) is 4. The van der Waals surface area contributed by atoms with Crippen molar-refractivity contribution in [3.63, 3.8) is 0 Å². The van der Waals surface area contributed by atoms with E-state index < -0.39 is 0 Å². The summed E-state index contributed by atoms with van der Waals surface area (Å²) in [5.74, 6) is -0.251. The largest absolute Gasteiger partial charge is 0.466 e. The van der Waals surface area contributed by atoms with Gasteiger partial charge in [-0.05, 0) is 19.4 Å². The maximum Gasteiger partial charge on any atom is 0.311 e. The molecule has 0 spiro atoms. The van der Waals surface area contributed by atoms with Crippen LogP contribution in [0.1, 0.15) is 24.5 Å². The zero-order chi connectivity index (χ0) is 13.5. The van der Waals surface area contributed by atoms with Crippen LogP contribution < -0.4 is 0 Å². The second kappa shape index (κ2) is 6.79. The molecule has 0 aliphatic rings. The molecule has 0 aliphatic carbocycles. The number of esters is 1. The quantitative estimate of drug-likeness (QED) is 0.456. The molecule has 0 saturated heterocycles. The molecule has 1 rings (SSSR count). The van der Waals surface area contributed by atoms with Gasteiger partial charge in [0.1, 0.15) is 0 Å². The van der Waals surface area contributed by atoms with Crippen LogP contribution in [-0.4, -0.2) is 37.4 Å². The van der Waals surface area contributed by atoms with Gasteiger partial charge in [-0.25, -0.2) is 0 Å². The second-order valence-electron chi connectivity index (χ2n) is 4.24. The summed E-state index contributed by atoms with van der Waals surface area (Å²) in [6.07, 6.45) is 0.190. The van der Waals surface area contributed by atoms with Crippen LogP contribution in [-0.2, 0) is 9.53 Å². The Bertz CT molecular complexity index is 422. The lowest BCUT2D eigenvalue weighted by Crippen LogP contribution is -2.16. The van der Waals surface area contributed by atoms with Gasteiger partial charge in [0.25, 0.3) is 0 Å². The first-order chi connectivity index (χ1) is 8.52. The molecule has 0 heterocycles. The molecule has 0 unspecified atom stereocenters. The first-order valence-corrected chi connectivity index (χ1v) is 6.00. The molecule has 4 heteroatoms. The standard InChI is InChI=1S/C14H20N2O2/c1-5-18-14(17)10-13(15-16(3)4)12-8-6-11(2)7-9-12/h6-9H,5,10H2,1-4H3/b15-13+. The lowest BCUT2D eigenvalue weighted by Gasteiger charge is -2.11. The SMILES string of the molecule is CCOC(=O)C/C(=N\N(C)C)c1ccc(C)cc1. The van der Waals surface area contributed by atoms with E-state index in [1.807, 2.05) is 45.3 Å². The van der Waals surface area contributed by atoms with Gasteiger partial charge in [0.05, 0.1) is 18.7 Å². The van der Waals surface area contributed by atoms with Gasteiger partial charge in [0.2, 0.25) is 0 Å². The van der Waals surface area contributed by atoms with Crippen molar-refractivity contribution >= 4 is 11.7 Å². The fraction of sp³-hybridized carbons (Fsp3) is 0.429. The Morgan fingerprint density at radius 1 is 1.28 bits per heavy atom. The molecule has 0 atom stereocenters. The maximum absolute atomic E-state index is 11.6. The summed E-state index contributed by atoms with van der Waals surface area (Å²) in [6, 6.07) is 7.95. The van der Waals surface area contributed by atoms with Gasteiger partial charge in [0, 0.05) is 14.1 Å². The normalized spacial score (nSPS) is 11.2. The Morgan fingerprint density at radius 3 is 2.39 bits per heavy atom. The van der Waals surface area contributed by atoms with E-state index in [0.717, 1.165) is 11.3 Å². The summed E-state index contributed by atoms with van der Waals surface area (Å²) >= 11 is 0. The summed E-state index contributed by atoms with van der Waals surface area (Å²) in [6.45, 7) is 4.21. The van der Waals surface area contributed by atoms with Crippen molar-refractivity contribution < 1.29 is 9.53 Å². The highest BCUT2D eigenvalue weighted by Gasteiger charge is 2.11. The van der Waals surface area contributed by atoms with Gasteiger partial charge in [-0.15, -0.1) is 0 Å². The van der Waals surface area contributed by atoms with E-state index in [1.165, 1.54) is 5.56 Å². The average molecular weight is 248 g/mol. The summed E-state index contributed by atoms with van der Waals surface area (Å²) in [5.41, 5.74) is 2.85. The number of carbonyl (C=O) groups excluding carboxylic acids is 1. The Balaban J connectivity index is 2.92. The van der Waals surface area contributed by atoms with E-state index in [1.54, 1.807) is 11.9 Å². The number of rotatable bonds is 5. The van der Waals surface area contributed by atoms with Crippen molar-refractivity contribution in [2.24, 2.45) is 5.10 Å². The molecule has 0 saturated carbocycles. The minimum atomic E-state index is -0.251. The topological polar surface area (TPSA) is 41.9 Å². The van der Waals surface area contributed by atoms with Gasteiger partial charge >= 0.3 is 5.97 Å². The van der Waals surface area contributed by atoms with Crippen molar-refractivity contribution in [3.8, 4) is 0 Å².